The number of benzene rings is 10. The second-order valence-electron chi connectivity index (χ2n) is 17.3. The van der Waals surface area contributed by atoms with E-state index in [4.69, 9.17) is 15.8 Å². The first-order valence-corrected chi connectivity index (χ1v) is 26.8. The number of amidine groups is 2. The van der Waals surface area contributed by atoms with Crippen molar-refractivity contribution in [2.75, 3.05) is 0 Å². The third-order valence-corrected chi connectivity index (χ3v) is 10.8. The summed E-state index contributed by atoms with van der Waals surface area (Å²) in [6.45, 7) is 4.29. The molecule has 10 aromatic carbocycles. The Hall–Kier alpha value is -10.4. The van der Waals surface area contributed by atoms with Crippen molar-refractivity contribution >= 4 is 92.5 Å². The van der Waals surface area contributed by atoms with Crippen molar-refractivity contribution in [3.05, 3.63) is 301 Å². The number of rotatable bonds is 6. The molecule has 0 bridgehead atoms. The molecule has 0 saturated heterocycles. The summed E-state index contributed by atoms with van der Waals surface area (Å²) in [6, 6.07) is 97.1. The van der Waals surface area contributed by atoms with E-state index in [1.165, 1.54) is 20.8 Å². The first-order valence-electron chi connectivity index (χ1n) is 26.8. The van der Waals surface area contributed by atoms with Gasteiger partial charge in [-0.1, -0.05) is 266 Å². The maximum Gasteiger partial charge on any atom is 2.00 e. The zero-order valence-electron chi connectivity index (χ0n) is 48.8. The number of hydrogen-bond acceptors (Lipinski definition) is 9. The van der Waals surface area contributed by atoms with Gasteiger partial charge in [0.25, 0.3) is 0 Å². The Morgan fingerprint density at radius 3 is 0.703 bits per heavy atom. The predicted octanol–water partition coefficient (Wildman–Crippen LogP) is 20.7. The fourth-order valence-corrected chi connectivity index (χ4v) is 7.35. The van der Waals surface area contributed by atoms with Crippen LogP contribution in [-0.4, -0.2) is 46.6 Å². The normalized spacial score (nSPS) is 10.1. The van der Waals surface area contributed by atoms with Gasteiger partial charge in [-0.15, -0.1) is 20.4 Å². The molecule has 0 aliphatic heterocycles. The molecule has 12 aromatic rings. The van der Waals surface area contributed by atoms with Crippen molar-refractivity contribution in [3.63, 3.8) is 0 Å². The molecular weight excluding hydrogens is 1350 g/mol. The molecule has 0 aliphatic carbocycles. The smallest absolute Gasteiger partial charge is 0.436 e. The molecule has 23 heteroatoms. The standard InChI is InChI=1S/2C19H15N2.2C12H8N2.3C2H3N.2BF4.2Rh/c2*1-4-10-16(11-5-1)19(20-17-12-6-2-7-13-17)21-18-14-8-3-9-15-18;2*1-3-7-11-9(5-1)10-6-2-4-8-12(10)14-13-11;3*1-2-3;2*2-1(3,4)5;;/h2*1-15H;2*1-8H;3*1H3;;;;/q2*-1;;;;;;2*-1;2*+2. The van der Waals surface area contributed by atoms with Gasteiger partial charge in [-0.2, -0.15) is 15.8 Å². The van der Waals surface area contributed by atoms with Crippen molar-refractivity contribution in [1.29, 1.82) is 15.8 Å². The molecular formula is C68H55B2F8N11Rh2. The van der Waals surface area contributed by atoms with Crippen LogP contribution in [0.25, 0.3) is 54.2 Å². The van der Waals surface area contributed by atoms with Crippen LogP contribution in [0.3, 0.4) is 0 Å². The third kappa shape index (κ3) is 31.4. The average molecular weight is 1410 g/mol. The van der Waals surface area contributed by atoms with Gasteiger partial charge in [0, 0.05) is 42.3 Å². The van der Waals surface area contributed by atoms with Crippen molar-refractivity contribution in [2.45, 2.75) is 20.8 Å². The molecule has 2 radical (unpaired) electrons. The van der Waals surface area contributed by atoms with E-state index >= 15 is 0 Å². The Morgan fingerprint density at radius 2 is 0.484 bits per heavy atom. The third-order valence-electron chi connectivity index (χ3n) is 10.8. The van der Waals surface area contributed by atoms with Crippen LogP contribution in [0, 0.1) is 34.0 Å². The van der Waals surface area contributed by atoms with Crippen LogP contribution in [0.5, 0.6) is 0 Å². The summed E-state index contributed by atoms with van der Waals surface area (Å²) in [6.07, 6.45) is 0. The van der Waals surface area contributed by atoms with Crippen molar-refractivity contribution in [3.8, 4) is 18.2 Å². The molecule has 12 rings (SSSR count). The summed E-state index contributed by atoms with van der Waals surface area (Å²) in [4.78, 5) is 9.35. The van der Waals surface area contributed by atoms with E-state index < -0.39 is 14.5 Å². The molecule has 0 atom stereocenters. The maximum atomic E-state index is 9.75. The Kier molecular flexibility index (Phi) is 36.5. The molecule has 0 unspecified atom stereocenters. The number of aromatic nitrogens is 4. The molecule has 0 saturated carbocycles. The van der Waals surface area contributed by atoms with E-state index in [2.05, 4.69) is 65.3 Å². The van der Waals surface area contributed by atoms with Gasteiger partial charge < -0.3 is 55.1 Å². The minimum atomic E-state index is -6.00. The second kappa shape index (κ2) is 43.3. The van der Waals surface area contributed by atoms with Crippen LogP contribution in [-0.2, 0) is 39.0 Å². The van der Waals surface area contributed by atoms with Crippen molar-refractivity contribution in [1.82, 2.24) is 20.4 Å². The van der Waals surface area contributed by atoms with Gasteiger partial charge >= 0.3 is 53.5 Å². The molecule has 2 heterocycles. The van der Waals surface area contributed by atoms with Crippen LogP contribution < -0.4 is 0 Å². The molecule has 0 aliphatic rings. The van der Waals surface area contributed by atoms with Gasteiger partial charge in [0.05, 0.1) is 40.3 Å². The van der Waals surface area contributed by atoms with Crippen molar-refractivity contribution in [2.24, 2.45) is 9.98 Å². The molecule has 0 fully saturated rings. The van der Waals surface area contributed by atoms with Crippen molar-refractivity contribution < 1.29 is 73.5 Å². The fourth-order valence-electron chi connectivity index (χ4n) is 7.35. The Balaban J connectivity index is 0.000000378. The van der Waals surface area contributed by atoms with E-state index in [9.17, 15) is 34.5 Å². The molecule has 0 spiro atoms. The Labute approximate surface area is 548 Å². The quantitative estimate of drug-likeness (QED) is 0.0523. The topological polar surface area (TPSA) is 176 Å². The fraction of sp³-hybridized carbons (Fsp3) is 0.0441. The molecule has 462 valence electrons. The number of fused-ring (bicyclic) bond motifs is 6. The summed E-state index contributed by atoms with van der Waals surface area (Å²) in [5.41, 5.74) is 9.41. The summed E-state index contributed by atoms with van der Waals surface area (Å²) in [5.74, 6) is 1.43. The molecule has 11 nitrogen and oxygen atoms in total. The largest absolute Gasteiger partial charge is 2.00 e. The van der Waals surface area contributed by atoms with Gasteiger partial charge in [0.15, 0.2) is 0 Å². The molecule has 0 amide bonds. The second-order valence-corrected chi connectivity index (χ2v) is 17.3. The zero-order valence-corrected chi connectivity index (χ0v) is 52.1. The van der Waals surface area contributed by atoms with E-state index in [-0.39, 0.29) is 39.0 Å². The SMILES string of the molecule is CC#N.CC#N.CC#N.F[B-](F)(F)F.F[B-](F)(F)F.[Rh+2].[Rh+2].c1ccc(N=C([N-]c2ccccc2)c2ccccc2)cc1.c1ccc(N=C([N-]c2ccccc2)c2ccccc2)cc1.c1ccc2c(c1)nnc1ccccc12.c1ccc2c(c1)nnc1ccccc12. The van der Waals surface area contributed by atoms with Gasteiger partial charge in [-0.25, -0.2) is 0 Å². The number of nitrogens with zero attached hydrogens (tertiary/aromatic N) is 11. The molecule has 0 N–H and O–H groups in total. The van der Waals surface area contributed by atoms with Crippen LogP contribution in [0.4, 0.5) is 57.3 Å². The summed E-state index contributed by atoms with van der Waals surface area (Å²) < 4.78 is 78.0. The van der Waals surface area contributed by atoms with E-state index in [1.54, 1.807) is 18.2 Å². The maximum absolute atomic E-state index is 9.75. The first-order chi connectivity index (χ1) is 43.0. The number of para-hydroxylation sites is 4. The van der Waals surface area contributed by atoms with Crippen LogP contribution in [0.1, 0.15) is 31.9 Å². The van der Waals surface area contributed by atoms with Gasteiger partial charge in [0.1, 0.15) is 0 Å². The van der Waals surface area contributed by atoms with Crippen LogP contribution in [0.15, 0.2) is 289 Å². The Bertz CT molecular complexity index is 3770. The first kappa shape index (κ1) is 76.7. The Morgan fingerprint density at radius 1 is 0.308 bits per heavy atom. The average Bonchev–Trinajstić information content (AvgIpc) is 1.26. The van der Waals surface area contributed by atoms with Gasteiger partial charge in [-0.05, 0) is 58.1 Å². The number of nitriles is 3. The number of hydrogen-bond donors (Lipinski definition) is 0. The van der Waals surface area contributed by atoms with Gasteiger partial charge in [-0.3, -0.25) is 0 Å². The van der Waals surface area contributed by atoms with Crippen LogP contribution >= 0.6 is 0 Å². The van der Waals surface area contributed by atoms with E-state index in [1.807, 2.05) is 255 Å². The monoisotopic (exact) mass is 1410 g/mol. The van der Waals surface area contributed by atoms with Gasteiger partial charge in [0.2, 0.25) is 0 Å². The zero-order chi connectivity index (χ0) is 64.5. The van der Waals surface area contributed by atoms with E-state index in [0.29, 0.717) is 11.7 Å². The summed E-state index contributed by atoms with van der Waals surface area (Å²) >= 11 is 0. The molecule has 91 heavy (non-hydrogen) atoms. The number of aliphatic imine (C=N–C) groups is 2. The number of halogens is 8. The van der Waals surface area contributed by atoms with E-state index in [0.717, 1.165) is 77.5 Å². The molecule has 2 aromatic heterocycles. The summed E-state index contributed by atoms with van der Waals surface area (Å²) in [5, 5.41) is 52.6. The predicted molar refractivity (Wildman–Crippen MR) is 345 cm³/mol. The minimum Gasteiger partial charge on any atom is -0.436 e. The summed E-state index contributed by atoms with van der Waals surface area (Å²) in [7, 11) is -12.0. The minimum absolute atomic E-state index is 0. The van der Waals surface area contributed by atoms with Crippen LogP contribution in [0.2, 0.25) is 0 Å².